The first-order chi connectivity index (χ1) is 52.7. The second-order valence-electron chi connectivity index (χ2n) is 28.1. The van der Waals surface area contributed by atoms with E-state index in [9.17, 15) is 0 Å². The largest absolute Gasteiger partial charge is 0.455 e. The molecule has 18 aromatic carbocycles. The molecule has 2 nitrogen and oxygen atoms in total. The maximum Gasteiger partial charge on any atom is 0.143 e. The maximum atomic E-state index is 6.22. The molecule has 1 aliphatic carbocycles. The van der Waals surface area contributed by atoms with E-state index >= 15 is 0 Å². The van der Waals surface area contributed by atoms with Crippen LogP contribution in [0.15, 0.2) is 397 Å². The minimum atomic E-state index is 0. The number of hydrogen-bond acceptors (Lipinski definition) is 2. The third-order valence-corrected chi connectivity index (χ3v) is 22.1. The summed E-state index contributed by atoms with van der Waals surface area (Å²) in [5, 5.41) is 16.3. The Bertz CT molecular complexity index is 6490. The highest BCUT2D eigenvalue weighted by atomic mass is 79.9. The summed E-state index contributed by atoms with van der Waals surface area (Å²) in [7, 11) is 0. The van der Waals surface area contributed by atoms with Crippen molar-refractivity contribution < 1.29 is 8.70 Å². The Hall–Kier alpha value is -12.9. The van der Waals surface area contributed by atoms with E-state index in [1.54, 1.807) is 0 Å². The van der Waals surface area contributed by atoms with E-state index in [-0.39, 0.29) is 18.6 Å². The monoisotopic (exact) mass is 1450 g/mol. The van der Waals surface area contributed by atoms with Crippen molar-refractivity contribution in [1.29, 1.82) is 0 Å². The number of benzene rings is 18. The molecular formula is C104H80BBrNO. The van der Waals surface area contributed by atoms with Gasteiger partial charge in [-0.1, -0.05) is 362 Å². The van der Waals surface area contributed by atoms with Crippen molar-refractivity contribution in [3.05, 3.63) is 432 Å². The Morgan fingerprint density at radius 1 is 0.287 bits per heavy atom. The van der Waals surface area contributed by atoms with Crippen LogP contribution in [-0.4, -0.2) is 8.41 Å². The summed E-state index contributed by atoms with van der Waals surface area (Å²) in [5.74, 6) is 0.0851. The highest BCUT2D eigenvalue weighted by Gasteiger charge is 2.23. The zero-order chi connectivity index (χ0) is 71.7. The van der Waals surface area contributed by atoms with Crippen LogP contribution in [0, 0.1) is 13.8 Å². The average molecular weight is 1450 g/mol. The quantitative estimate of drug-likeness (QED) is 0.0793. The van der Waals surface area contributed by atoms with Gasteiger partial charge in [-0.2, -0.15) is 0 Å². The molecule has 0 amide bonds. The van der Waals surface area contributed by atoms with Gasteiger partial charge in [0.25, 0.3) is 0 Å². The van der Waals surface area contributed by atoms with Crippen LogP contribution >= 0.6 is 15.9 Å². The highest BCUT2D eigenvalue weighted by Crippen LogP contribution is 2.44. The van der Waals surface area contributed by atoms with E-state index in [4.69, 9.17) is 4.42 Å². The van der Waals surface area contributed by atoms with Crippen molar-refractivity contribution in [1.82, 2.24) is 0 Å². The van der Waals surface area contributed by atoms with Crippen LogP contribution in [0.1, 0.15) is 49.1 Å². The van der Waals surface area contributed by atoms with E-state index in [0.29, 0.717) is 0 Å². The summed E-state index contributed by atoms with van der Waals surface area (Å²) >= 11 is 3.51. The van der Waals surface area contributed by atoms with Gasteiger partial charge in [0.2, 0.25) is 0 Å². The number of hydrogen-bond donors (Lipinski definition) is 1. The molecule has 0 saturated heterocycles. The Morgan fingerprint density at radius 3 is 1.26 bits per heavy atom. The number of fused-ring (bicyclic) bond motifs is 12. The number of nitrogens with one attached hydrogen (secondary N) is 1. The molecule has 1 atom stereocenters. The van der Waals surface area contributed by atoms with E-state index in [0.717, 1.165) is 55.3 Å². The first kappa shape index (κ1) is 68.3. The number of anilines is 2. The topological polar surface area (TPSA) is 25.2 Å². The zero-order valence-corrected chi connectivity index (χ0v) is 61.7. The summed E-state index contributed by atoms with van der Waals surface area (Å²) in [6.45, 7) is 4.36. The first-order valence-corrected chi connectivity index (χ1v) is 37.6. The molecule has 108 heavy (non-hydrogen) atoms. The molecule has 0 aliphatic heterocycles. The molecule has 517 valence electrons. The summed E-state index contributed by atoms with van der Waals surface area (Å²) in [6, 6.07) is 140. The number of halogens is 1. The molecule has 1 heterocycles. The van der Waals surface area contributed by atoms with Gasteiger partial charge in [0.05, 0.1) is 0 Å². The van der Waals surface area contributed by atoms with Crippen molar-refractivity contribution >= 4 is 101 Å². The molecule has 0 bridgehead atoms. The first-order valence-electron chi connectivity index (χ1n) is 36.8. The Balaban J connectivity index is 0.000000154. The lowest BCUT2D eigenvalue weighted by Gasteiger charge is -2.21. The lowest BCUT2D eigenvalue weighted by Crippen LogP contribution is -2.04. The molecule has 0 fully saturated rings. The van der Waals surface area contributed by atoms with Crippen LogP contribution in [-0.2, 0) is 6.42 Å². The van der Waals surface area contributed by atoms with Gasteiger partial charge in [0.15, 0.2) is 0 Å². The zero-order valence-electron chi connectivity index (χ0n) is 60.1. The standard InChI is InChI=1S/C53H38.C36H25NO.C15H11Br.B.3H2/c1-35-9-7-15-50-46(35)31-29-44-33-45(30-32-49(44)50)53(41-25-21-39(22-26-41)38-19-17-37(18-20-38)36-10-3-2-4-11-36)42-27-23-40(24-28-42)47-14-8-16-51-48-13-6-5-12-43(48)34-52(47)51;1-2-7-25(8-3-1)26-13-15-27(16-14-26)28-17-21-30(22-18-28)37-31-23-19-29(20-24-31)32-10-6-11-34-33-9-4-5-12-35(33)38-36(32)34;1-10-3-2-4-15-13(10)7-5-11-9-12(16)6-8-14(11)15;;;;/h2-33,53H,34H2,1H3;1-24,37H;2-9H,1H3;;3*1H. The van der Waals surface area contributed by atoms with Crippen molar-refractivity contribution in [2.75, 3.05) is 5.32 Å². The molecule has 0 saturated carbocycles. The molecular weight excluding hydrogens is 1370 g/mol. The average Bonchev–Trinajstić information content (AvgIpc) is 1.36. The molecule has 1 aromatic heterocycles. The Kier molecular flexibility index (Phi) is 18.9. The van der Waals surface area contributed by atoms with Crippen LogP contribution in [0.25, 0.3) is 143 Å². The Labute approximate surface area is 646 Å². The number of furan rings is 1. The van der Waals surface area contributed by atoms with Gasteiger partial charge < -0.3 is 9.73 Å². The van der Waals surface area contributed by atoms with Crippen molar-refractivity contribution in [3.63, 3.8) is 0 Å². The van der Waals surface area contributed by atoms with Gasteiger partial charge in [0, 0.05) is 50.8 Å². The predicted octanol–water partition coefficient (Wildman–Crippen LogP) is 29.8. The smallest absolute Gasteiger partial charge is 0.143 e. The van der Waals surface area contributed by atoms with Crippen molar-refractivity contribution in [3.8, 4) is 77.9 Å². The van der Waals surface area contributed by atoms with Crippen molar-refractivity contribution in [2.45, 2.75) is 26.2 Å². The van der Waals surface area contributed by atoms with Gasteiger partial charge in [0.1, 0.15) is 11.2 Å². The number of para-hydroxylation sites is 2. The molecule has 4 heteroatoms. The van der Waals surface area contributed by atoms with Gasteiger partial charge in [-0.15, -0.1) is 0 Å². The van der Waals surface area contributed by atoms with Crippen LogP contribution in [0.5, 0.6) is 0 Å². The predicted molar refractivity (Wildman–Crippen MR) is 470 cm³/mol. The SMILES string of the molecule is Cc1cccc2c1ccc1cc(Br)ccc12.Cc1cccc2c1ccc1cc(C(c3ccc(-c4ccc(-c5ccccc5)cc4)cc3)c3ccc(-c4cccc5c4Cc4ccccc4-5)cc3)ccc12.[B].[HH].[HH].[HH].c1ccc(-c2ccc(-c3ccc(Nc4ccc(-c5cccc6c5oc5ccccc56)cc4)cc3)cc2)cc1. The summed E-state index contributed by atoms with van der Waals surface area (Å²) in [6.07, 6.45) is 0.985. The molecule has 3 radical (unpaired) electrons. The van der Waals surface area contributed by atoms with Gasteiger partial charge in [-0.25, -0.2) is 0 Å². The summed E-state index contributed by atoms with van der Waals surface area (Å²) in [5.41, 5.74) is 30.7. The second kappa shape index (κ2) is 29.9. The van der Waals surface area contributed by atoms with Crippen LogP contribution in [0.3, 0.4) is 0 Å². The lowest BCUT2D eigenvalue weighted by molar-refractivity contribution is 0.670. The molecule has 19 aromatic rings. The fraction of sp³-hybridized carbons (Fsp3) is 0.0385. The fourth-order valence-electron chi connectivity index (χ4n) is 16.0. The normalized spacial score (nSPS) is 11.7. The van der Waals surface area contributed by atoms with Gasteiger partial charge in [-0.3, -0.25) is 0 Å². The van der Waals surface area contributed by atoms with Gasteiger partial charge >= 0.3 is 0 Å². The molecule has 1 N–H and O–H groups in total. The van der Waals surface area contributed by atoms with E-state index in [2.05, 4.69) is 405 Å². The molecule has 0 spiro atoms. The summed E-state index contributed by atoms with van der Waals surface area (Å²) < 4.78 is 7.36. The van der Waals surface area contributed by atoms with Gasteiger partial charge in [-0.05, 0) is 217 Å². The molecule has 1 aliphatic rings. The minimum absolute atomic E-state index is 0. The molecule has 1 unspecified atom stereocenters. The lowest BCUT2D eigenvalue weighted by atomic mass is 9.82. The van der Waals surface area contributed by atoms with Crippen LogP contribution in [0.2, 0.25) is 0 Å². The summed E-state index contributed by atoms with van der Waals surface area (Å²) in [4.78, 5) is 0. The molecule has 20 rings (SSSR count). The van der Waals surface area contributed by atoms with E-state index < -0.39 is 0 Å². The third kappa shape index (κ3) is 13.6. The fourth-order valence-corrected chi connectivity index (χ4v) is 16.4. The van der Waals surface area contributed by atoms with E-state index in [1.165, 1.54) is 149 Å². The third-order valence-electron chi connectivity index (χ3n) is 21.6. The van der Waals surface area contributed by atoms with E-state index in [1.807, 2.05) is 18.2 Å². The van der Waals surface area contributed by atoms with Crippen molar-refractivity contribution in [2.24, 2.45) is 0 Å². The minimum Gasteiger partial charge on any atom is -0.455 e. The number of rotatable bonds is 11. The maximum absolute atomic E-state index is 6.22. The van der Waals surface area contributed by atoms with Crippen LogP contribution < -0.4 is 5.32 Å². The second-order valence-corrected chi connectivity index (χ2v) is 29.0. The highest BCUT2D eigenvalue weighted by molar-refractivity contribution is 9.10. The number of aryl methyl sites for hydroxylation is 2. The van der Waals surface area contributed by atoms with Crippen LogP contribution in [0.4, 0.5) is 11.4 Å². The Morgan fingerprint density at radius 2 is 0.676 bits per heavy atom.